The first kappa shape index (κ1) is 16.0. The molecule has 1 amide bonds. The molecule has 116 valence electrons. The van der Waals surface area contributed by atoms with Crippen LogP contribution >= 0.6 is 0 Å². The lowest BCUT2D eigenvalue weighted by Crippen LogP contribution is -2.32. The lowest BCUT2D eigenvalue weighted by atomic mass is 10.1. The van der Waals surface area contributed by atoms with Gasteiger partial charge in [0.25, 0.3) is 0 Å². The Morgan fingerprint density at radius 2 is 1.81 bits per heavy atom. The maximum atomic E-state index is 12.6. The number of rotatable bonds is 7. The summed E-state index contributed by atoms with van der Waals surface area (Å²) >= 11 is 0. The summed E-state index contributed by atoms with van der Waals surface area (Å²) < 4.78 is 0. The molecule has 0 bridgehead atoms. The van der Waals surface area contributed by atoms with Gasteiger partial charge in [-0.1, -0.05) is 57.9 Å². The lowest BCUT2D eigenvalue weighted by molar-refractivity contribution is -0.130. The summed E-state index contributed by atoms with van der Waals surface area (Å²) in [5.74, 6) is 0.273. The number of benzene rings is 1. The van der Waals surface area contributed by atoms with Gasteiger partial charge in [0.1, 0.15) is 6.17 Å². The van der Waals surface area contributed by atoms with Gasteiger partial charge in [0.15, 0.2) is 0 Å². The number of carbonyl (C=O) groups is 1. The summed E-state index contributed by atoms with van der Waals surface area (Å²) in [5, 5.41) is 3.53. The highest BCUT2D eigenvalue weighted by Crippen LogP contribution is 2.27. The molecule has 1 heterocycles. The van der Waals surface area contributed by atoms with E-state index >= 15 is 0 Å². The van der Waals surface area contributed by atoms with Crippen molar-refractivity contribution in [2.45, 2.75) is 65.1 Å². The molecule has 0 saturated carbocycles. The minimum atomic E-state index is -0.0114. The zero-order valence-electron chi connectivity index (χ0n) is 13.6. The standard InChI is InChI=1S/C18H28N2O/c1-4-7-13-20-17(19-16(8-5-2)18(20)21)15-11-9-14(6-3)10-12-15/h9-12,16-17,19H,4-8,13H2,1-3H3. The Kier molecular flexibility index (Phi) is 5.80. The van der Waals surface area contributed by atoms with Crippen LogP contribution in [0.5, 0.6) is 0 Å². The SMILES string of the molecule is CCCCN1C(=O)C(CCC)NC1c1ccc(CC)cc1. The van der Waals surface area contributed by atoms with Crippen molar-refractivity contribution >= 4 is 5.91 Å². The molecule has 1 aliphatic rings. The van der Waals surface area contributed by atoms with E-state index in [9.17, 15) is 4.79 Å². The van der Waals surface area contributed by atoms with Gasteiger partial charge in [-0.3, -0.25) is 10.1 Å². The molecule has 0 spiro atoms. The van der Waals surface area contributed by atoms with E-state index in [4.69, 9.17) is 0 Å². The molecule has 0 aliphatic carbocycles. The molecule has 1 fully saturated rings. The first-order valence-corrected chi connectivity index (χ1v) is 8.36. The first-order valence-electron chi connectivity index (χ1n) is 8.36. The highest BCUT2D eigenvalue weighted by Gasteiger charge is 2.38. The lowest BCUT2D eigenvalue weighted by Gasteiger charge is -2.24. The van der Waals surface area contributed by atoms with Gasteiger partial charge in [-0.15, -0.1) is 0 Å². The summed E-state index contributed by atoms with van der Waals surface area (Å²) in [7, 11) is 0. The smallest absolute Gasteiger partial charge is 0.241 e. The average molecular weight is 288 g/mol. The molecule has 3 heteroatoms. The minimum Gasteiger partial charge on any atom is -0.322 e. The van der Waals surface area contributed by atoms with Crippen molar-refractivity contribution in [3.63, 3.8) is 0 Å². The number of nitrogens with zero attached hydrogens (tertiary/aromatic N) is 1. The number of aryl methyl sites for hydroxylation is 1. The van der Waals surface area contributed by atoms with Crippen LogP contribution in [-0.4, -0.2) is 23.4 Å². The van der Waals surface area contributed by atoms with Gasteiger partial charge in [-0.2, -0.15) is 0 Å². The topological polar surface area (TPSA) is 32.3 Å². The van der Waals surface area contributed by atoms with Crippen molar-refractivity contribution in [2.24, 2.45) is 0 Å². The second kappa shape index (κ2) is 7.60. The van der Waals surface area contributed by atoms with Crippen molar-refractivity contribution in [3.05, 3.63) is 35.4 Å². The van der Waals surface area contributed by atoms with Gasteiger partial charge in [-0.05, 0) is 30.4 Å². The van der Waals surface area contributed by atoms with Crippen LogP contribution < -0.4 is 5.32 Å². The van der Waals surface area contributed by atoms with Crippen LogP contribution in [-0.2, 0) is 11.2 Å². The molecule has 0 radical (unpaired) electrons. The molecule has 2 atom stereocenters. The summed E-state index contributed by atoms with van der Waals surface area (Å²) in [6, 6.07) is 8.66. The fourth-order valence-electron chi connectivity index (χ4n) is 2.95. The fourth-order valence-corrected chi connectivity index (χ4v) is 2.95. The Morgan fingerprint density at radius 1 is 1.10 bits per heavy atom. The molecule has 3 nitrogen and oxygen atoms in total. The van der Waals surface area contributed by atoms with Gasteiger partial charge in [0, 0.05) is 6.54 Å². The number of nitrogens with one attached hydrogen (secondary N) is 1. The number of carbonyl (C=O) groups excluding carboxylic acids is 1. The Balaban J connectivity index is 2.18. The van der Waals surface area contributed by atoms with Crippen LogP contribution in [0.3, 0.4) is 0 Å². The molecule has 1 aromatic rings. The molecule has 1 saturated heterocycles. The van der Waals surface area contributed by atoms with E-state index < -0.39 is 0 Å². The largest absolute Gasteiger partial charge is 0.322 e. The Morgan fingerprint density at radius 3 is 2.38 bits per heavy atom. The third-order valence-corrected chi connectivity index (χ3v) is 4.29. The number of hydrogen-bond donors (Lipinski definition) is 1. The third kappa shape index (κ3) is 3.65. The van der Waals surface area contributed by atoms with Crippen LogP contribution in [0.25, 0.3) is 0 Å². The number of amides is 1. The van der Waals surface area contributed by atoms with Crippen LogP contribution in [0.4, 0.5) is 0 Å². The second-order valence-electron chi connectivity index (χ2n) is 5.89. The maximum Gasteiger partial charge on any atom is 0.241 e. The molecule has 1 aliphatic heterocycles. The Hall–Kier alpha value is -1.35. The van der Waals surface area contributed by atoms with Crippen LogP contribution in [0.1, 0.15) is 63.7 Å². The van der Waals surface area contributed by atoms with E-state index in [1.165, 1.54) is 11.1 Å². The van der Waals surface area contributed by atoms with Gasteiger partial charge < -0.3 is 4.90 Å². The molecule has 2 rings (SSSR count). The summed E-state index contributed by atoms with van der Waals surface area (Å²) in [6.45, 7) is 7.32. The average Bonchev–Trinajstić information content (AvgIpc) is 2.82. The second-order valence-corrected chi connectivity index (χ2v) is 5.89. The molecular formula is C18H28N2O. The monoisotopic (exact) mass is 288 g/mol. The Bertz CT molecular complexity index is 455. The van der Waals surface area contributed by atoms with Crippen LogP contribution in [0.2, 0.25) is 0 Å². The predicted octanol–water partition coefficient (Wildman–Crippen LogP) is 3.65. The van der Waals surface area contributed by atoms with Crippen molar-refractivity contribution in [1.29, 1.82) is 0 Å². The molecular weight excluding hydrogens is 260 g/mol. The van der Waals surface area contributed by atoms with E-state index in [1.54, 1.807) is 0 Å². The maximum absolute atomic E-state index is 12.6. The predicted molar refractivity (Wildman–Crippen MR) is 87.0 cm³/mol. The zero-order chi connectivity index (χ0) is 15.2. The molecule has 1 N–H and O–H groups in total. The van der Waals surface area contributed by atoms with E-state index in [2.05, 4.69) is 50.4 Å². The fraction of sp³-hybridized carbons (Fsp3) is 0.611. The zero-order valence-corrected chi connectivity index (χ0v) is 13.6. The number of unbranched alkanes of at least 4 members (excludes halogenated alkanes) is 1. The van der Waals surface area contributed by atoms with Crippen molar-refractivity contribution in [1.82, 2.24) is 10.2 Å². The highest BCUT2D eigenvalue weighted by molar-refractivity contribution is 5.84. The summed E-state index contributed by atoms with van der Waals surface area (Å²) in [6.07, 6.45) is 5.23. The molecule has 0 aromatic heterocycles. The van der Waals surface area contributed by atoms with Gasteiger partial charge in [-0.25, -0.2) is 0 Å². The van der Waals surface area contributed by atoms with Crippen molar-refractivity contribution in [3.8, 4) is 0 Å². The van der Waals surface area contributed by atoms with Gasteiger partial charge >= 0.3 is 0 Å². The van der Waals surface area contributed by atoms with Crippen molar-refractivity contribution < 1.29 is 4.79 Å². The summed E-state index contributed by atoms with van der Waals surface area (Å²) in [5.41, 5.74) is 2.54. The van der Waals surface area contributed by atoms with Crippen molar-refractivity contribution in [2.75, 3.05) is 6.54 Å². The van der Waals surface area contributed by atoms with E-state index in [-0.39, 0.29) is 18.1 Å². The first-order chi connectivity index (χ1) is 10.2. The van der Waals surface area contributed by atoms with E-state index in [1.807, 2.05) is 4.90 Å². The van der Waals surface area contributed by atoms with E-state index in [0.717, 1.165) is 38.6 Å². The molecule has 1 aromatic carbocycles. The van der Waals surface area contributed by atoms with Gasteiger partial charge in [0.05, 0.1) is 6.04 Å². The number of hydrogen-bond acceptors (Lipinski definition) is 2. The molecule has 2 unspecified atom stereocenters. The van der Waals surface area contributed by atoms with Gasteiger partial charge in [0.2, 0.25) is 5.91 Å². The van der Waals surface area contributed by atoms with Crippen LogP contribution in [0, 0.1) is 0 Å². The minimum absolute atomic E-state index is 0.0114. The Labute approximate surface area is 128 Å². The van der Waals surface area contributed by atoms with E-state index in [0.29, 0.717) is 0 Å². The third-order valence-electron chi connectivity index (χ3n) is 4.29. The normalized spacial score (nSPS) is 22.0. The molecule has 21 heavy (non-hydrogen) atoms. The quantitative estimate of drug-likeness (QED) is 0.830. The summed E-state index contributed by atoms with van der Waals surface area (Å²) in [4.78, 5) is 14.6. The highest BCUT2D eigenvalue weighted by atomic mass is 16.2. The van der Waals surface area contributed by atoms with Crippen LogP contribution in [0.15, 0.2) is 24.3 Å².